The number of hydrogen-bond donors (Lipinski definition) is 0. The van der Waals surface area contributed by atoms with E-state index < -0.39 is 0 Å². The average Bonchev–Trinajstić information content (AvgIpc) is 2.78. The molecule has 0 radical (unpaired) electrons. The third-order valence-electron chi connectivity index (χ3n) is 6.03. The quantitative estimate of drug-likeness (QED) is 0.330. The molecule has 2 aromatic carbocycles. The van der Waals surface area contributed by atoms with Crippen LogP contribution < -0.4 is 4.74 Å². The van der Waals surface area contributed by atoms with Gasteiger partial charge in [0.15, 0.2) is 0 Å². The number of ether oxygens (including phenoxy) is 1. The van der Waals surface area contributed by atoms with E-state index in [0.717, 1.165) is 30.3 Å². The summed E-state index contributed by atoms with van der Waals surface area (Å²) in [6.07, 6.45) is 11.9. The molecule has 3 rings (SSSR count). The SMILES string of the molecule is CCCCC[C@H]1CC[C@H](C#Cc2ccc(-c3ccc(OCCC)cc3)cc2)CC1. The highest BCUT2D eigenvalue weighted by Crippen LogP contribution is 2.31. The normalized spacial score (nSPS) is 18.7. The van der Waals surface area contributed by atoms with E-state index in [1.54, 1.807) is 0 Å². The van der Waals surface area contributed by atoms with Gasteiger partial charge in [-0.2, -0.15) is 0 Å². The zero-order valence-electron chi connectivity index (χ0n) is 18.3. The third kappa shape index (κ3) is 6.97. The molecule has 0 aromatic heterocycles. The van der Waals surface area contributed by atoms with Crippen LogP contribution in [0.15, 0.2) is 48.5 Å². The van der Waals surface area contributed by atoms with Crippen LogP contribution in [0.5, 0.6) is 5.75 Å². The summed E-state index contributed by atoms with van der Waals surface area (Å²) in [5, 5.41) is 0. The fourth-order valence-corrected chi connectivity index (χ4v) is 4.17. The first-order valence-electron chi connectivity index (χ1n) is 11.6. The Morgan fingerprint density at radius 2 is 1.45 bits per heavy atom. The van der Waals surface area contributed by atoms with Crippen LogP contribution in [0, 0.1) is 23.7 Å². The zero-order chi connectivity index (χ0) is 20.3. The van der Waals surface area contributed by atoms with Crippen LogP contribution >= 0.6 is 0 Å². The third-order valence-corrected chi connectivity index (χ3v) is 6.03. The molecule has 1 saturated carbocycles. The van der Waals surface area contributed by atoms with Gasteiger partial charge in [0.1, 0.15) is 5.75 Å². The van der Waals surface area contributed by atoms with Gasteiger partial charge in [-0.15, -0.1) is 0 Å². The van der Waals surface area contributed by atoms with Crippen molar-refractivity contribution < 1.29 is 4.74 Å². The van der Waals surface area contributed by atoms with Gasteiger partial charge in [0.2, 0.25) is 0 Å². The van der Waals surface area contributed by atoms with Crippen LogP contribution in [0.3, 0.4) is 0 Å². The predicted molar refractivity (Wildman–Crippen MR) is 124 cm³/mol. The van der Waals surface area contributed by atoms with E-state index in [9.17, 15) is 0 Å². The van der Waals surface area contributed by atoms with Gasteiger partial charge in [0.25, 0.3) is 0 Å². The van der Waals surface area contributed by atoms with Crippen LogP contribution in [0.2, 0.25) is 0 Å². The molecule has 154 valence electrons. The van der Waals surface area contributed by atoms with Crippen molar-refractivity contribution in [2.24, 2.45) is 11.8 Å². The first-order valence-corrected chi connectivity index (χ1v) is 11.6. The molecule has 1 aliphatic rings. The Kier molecular flexibility index (Phi) is 8.69. The topological polar surface area (TPSA) is 9.23 Å². The largest absolute Gasteiger partial charge is 0.494 e. The van der Waals surface area contributed by atoms with E-state index in [-0.39, 0.29) is 0 Å². The Morgan fingerprint density at radius 1 is 0.793 bits per heavy atom. The van der Waals surface area contributed by atoms with Crippen molar-refractivity contribution in [2.45, 2.75) is 71.6 Å². The van der Waals surface area contributed by atoms with Gasteiger partial charge < -0.3 is 4.74 Å². The molecular weight excluding hydrogens is 352 g/mol. The number of hydrogen-bond acceptors (Lipinski definition) is 1. The van der Waals surface area contributed by atoms with Crippen molar-refractivity contribution in [2.75, 3.05) is 6.61 Å². The van der Waals surface area contributed by atoms with Gasteiger partial charge in [-0.3, -0.25) is 0 Å². The second-order valence-electron chi connectivity index (χ2n) is 8.43. The maximum Gasteiger partial charge on any atom is 0.119 e. The summed E-state index contributed by atoms with van der Waals surface area (Å²) in [6.45, 7) is 5.18. The fraction of sp³-hybridized carbons (Fsp3) is 0.500. The molecule has 0 unspecified atom stereocenters. The molecule has 1 fully saturated rings. The molecule has 0 aliphatic heterocycles. The Labute approximate surface area is 177 Å². The summed E-state index contributed by atoms with van der Waals surface area (Å²) < 4.78 is 5.67. The Balaban J connectivity index is 1.50. The Hall–Kier alpha value is -2.20. The van der Waals surface area contributed by atoms with Gasteiger partial charge in [0.05, 0.1) is 6.61 Å². The highest BCUT2D eigenvalue weighted by Gasteiger charge is 2.19. The maximum atomic E-state index is 5.67. The second kappa shape index (κ2) is 11.7. The van der Waals surface area contributed by atoms with Crippen molar-refractivity contribution in [3.63, 3.8) is 0 Å². The summed E-state index contributed by atoms with van der Waals surface area (Å²) >= 11 is 0. The molecule has 0 atom stereocenters. The minimum atomic E-state index is 0.591. The molecule has 0 saturated heterocycles. The lowest BCUT2D eigenvalue weighted by Crippen LogP contribution is -2.13. The van der Waals surface area contributed by atoms with E-state index in [4.69, 9.17) is 4.74 Å². The lowest BCUT2D eigenvalue weighted by molar-refractivity contribution is 0.294. The van der Waals surface area contributed by atoms with Crippen molar-refractivity contribution >= 4 is 0 Å². The minimum absolute atomic E-state index is 0.591. The summed E-state index contributed by atoms with van der Waals surface area (Å²) in [7, 11) is 0. The minimum Gasteiger partial charge on any atom is -0.494 e. The molecule has 0 heterocycles. The molecule has 1 aliphatic carbocycles. The van der Waals surface area contributed by atoms with Crippen LogP contribution in [0.25, 0.3) is 11.1 Å². The molecule has 1 nitrogen and oxygen atoms in total. The van der Waals surface area contributed by atoms with E-state index in [1.165, 1.54) is 62.5 Å². The molecule has 0 spiro atoms. The monoisotopic (exact) mass is 388 g/mol. The smallest absolute Gasteiger partial charge is 0.119 e. The summed E-state index contributed by atoms with van der Waals surface area (Å²) in [6, 6.07) is 17.0. The average molecular weight is 389 g/mol. The van der Waals surface area contributed by atoms with Crippen molar-refractivity contribution in [3.8, 4) is 28.7 Å². The number of benzene rings is 2. The molecule has 2 aromatic rings. The van der Waals surface area contributed by atoms with Crippen molar-refractivity contribution in [1.82, 2.24) is 0 Å². The second-order valence-corrected chi connectivity index (χ2v) is 8.43. The van der Waals surface area contributed by atoms with E-state index in [1.807, 2.05) is 0 Å². The predicted octanol–water partition coefficient (Wildman–Crippen LogP) is 7.88. The van der Waals surface area contributed by atoms with Gasteiger partial charge in [-0.05, 0) is 73.4 Å². The van der Waals surface area contributed by atoms with E-state index >= 15 is 0 Å². The van der Waals surface area contributed by atoms with Gasteiger partial charge in [-0.25, -0.2) is 0 Å². The molecule has 0 amide bonds. The van der Waals surface area contributed by atoms with Crippen LogP contribution in [0.1, 0.15) is 77.2 Å². The zero-order valence-corrected chi connectivity index (χ0v) is 18.3. The van der Waals surface area contributed by atoms with Crippen LogP contribution in [0.4, 0.5) is 0 Å². The Bertz CT molecular complexity index is 768. The first kappa shape index (κ1) is 21.5. The first-order chi connectivity index (χ1) is 14.3. The lowest BCUT2D eigenvalue weighted by atomic mass is 9.80. The molecule has 1 heteroatoms. The van der Waals surface area contributed by atoms with E-state index in [2.05, 4.69) is 74.2 Å². The summed E-state index contributed by atoms with van der Waals surface area (Å²) in [5.41, 5.74) is 3.57. The molecular formula is C28H36O. The Morgan fingerprint density at radius 3 is 2.07 bits per heavy atom. The highest BCUT2D eigenvalue weighted by molar-refractivity contribution is 5.65. The highest BCUT2D eigenvalue weighted by atomic mass is 16.5. The fourth-order valence-electron chi connectivity index (χ4n) is 4.17. The lowest BCUT2D eigenvalue weighted by Gasteiger charge is -2.25. The maximum absolute atomic E-state index is 5.67. The molecule has 29 heavy (non-hydrogen) atoms. The molecule has 0 N–H and O–H groups in total. The number of unbranched alkanes of at least 4 members (excludes halogenated alkanes) is 2. The van der Waals surface area contributed by atoms with Gasteiger partial charge >= 0.3 is 0 Å². The van der Waals surface area contributed by atoms with E-state index in [0.29, 0.717) is 5.92 Å². The van der Waals surface area contributed by atoms with Crippen LogP contribution in [-0.2, 0) is 0 Å². The summed E-state index contributed by atoms with van der Waals surface area (Å²) in [5.74, 6) is 9.46. The number of rotatable bonds is 8. The van der Waals surface area contributed by atoms with Gasteiger partial charge in [-0.1, -0.05) is 75.6 Å². The van der Waals surface area contributed by atoms with Gasteiger partial charge in [0, 0.05) is 11.5 Å². The summed E-state index contributed by atoms with van der Waals surface area (Å²) in [4.78, 5) is 0. The van der Waals surface area contributed by atoms with Crippen molar-refractivity contribution in [1.29, 1.82) is 0 Å². The van der Waals surface area contributed by atoms with Crippen molar-refractivity contribution in [3.05, 3.63) is 54.1 Å². The standard InChI is InChI=1S/C28H36O/c1-3-5-6-7-23-8-10-24(11-9-23)12-13-25-14-16-26(17-15-25)27-18-20-28(21-19-27)29-22-4-2/h14-21,23-24H,3-11,22H2,1-2H3/t23-,24-. The molecule has 0 bridgehead atoms. The van der Waals surface area contributed by atoms with Crippen LogP contribution in [-0.4, -0.2) is 6.61 Å².